The van der Waals surface area contributed by atoms with Gasteiger partial charge >= 0.3 is 0 Å². The number of aromatic nitrogens is 3. The van der Waals surface area contributed by atoms with E-state index in [9.17, 15) is 4.79 Å². The summed E-state index contributed by atoms with van der Waals surface area (Å²) in [5.41, 5.74) is 0. The second-order valence-electron chi connectivity index (χ2n) is 4.80. The fraction of sp³-hybridized carbons (Fsp3) is 0.750. The van der Waals surface area contributed by atoms with Crippen molar-refractivity contribution >= 4 is 5.91 Å². The predicted octanol–water partition coefficient (Wildman–Crippen LogP) is 0.581. The Hall–Kier alpha value is -1.43. The van der Waals surface area contributed by atoms with Crippen LogP contribution in [0.25, 0.3) is 0 Å². The molecule has 0 saturated carbocycles. The largest absolute Gasteiger partial charge is 0.348 e. The number of nitrogens with one attached hydrogen (secondary N) is 2. The van der Waals surface area contributed by atoms with Crippen molar-refractivity contribution in [3.8, 4) is 0 Å². The van der Waals surface area contributed by atoms with Crippen LogP contribution in [-0.4, -0.2) is 52.2 Å². The molecule has 1 aromatic heterocycles. The molecule has 1 atom stereocenters. The van der Waals surface area contributed by atoms with Crippen molar-refractivity contribution in [1.29, 1.82) is 0 Å². The minimum absolute atomic E-state index is 0.190. The third-order valence-electron chi connectivity index (χ3n) is 3.49. The minimum Gasteiger partial charge on any atom is -0.348 e. The molecule has 2 heterocycles. The highest BCUT2D eigenvalue weighted by atomic mass is 16.2. The number of rotatable bonds is 4. The number of likely N-dealkylation sites (tertiary alicyclic amines) is 1. The predicted molar refractivity (Wildman–Crippen MR) is 68.4 cm³/mol. The molecule has 0 aromatic carbocycles. The van der Waals surface area contributed by atoms with Gasteiger partial charge in [-0.3, -0.25) is 9.89 Å². The van der Waals surface area contributed by atoms with E-state index in [4.69, 9.17) is 0 Å². The maximum absolute atomic E-state index is 11.8. The maximum Gasteiger partial charge on any atom is 0.291 e. The van der Waals surface area contributed by atoms with Crippen LogP contribution in [0.1, 0.15) is 42.6 Å². The van der Waals surface area contributed by atoms with Crippen molar-refractivity contribution in [1.82, 2.24) is 25.4 Å². The molecule has 0 aliphatic carbocycles. The van der Waals surface area contributed by atoms with Gasteiger partial charge in [0.2, 0.25) is 5.82 Å². The van der Waals surface area contributed by atoms with Gasteiger partial charge in [-0.05, 0) is 26.4 Å². The molecule has 1 saturated heterocycles. The Kier molecular flexibility index (Phi) is 4.30. The molecule has 18 heavy (non-hydrogen) atoms. The van der Waals surface area contributed by atoms with E-state index in [1.807, 2.05) is 6.92 Å². The second kappa shape index (κ2) is 5.95. The Labute approximate surface area is 107 Å². The number of aryl methyl sites for hydroxylation is 1. The zero-order valence-electron chi connectivity index (χ0n) is 11.1. The number of piperidine rings is 1. The number of likely N-dealkylation sites (N-methyl/N-ethyl adjacent to an activating group) is 1. The van der Waals surface area contributed by atoms with Crippen molar-refractivity contribution < 1.29 is 4.79 Å². The number of hydrogen-bond donors (Lipinski definition) is 2. The fourth-order valence-corrected chi connectivity index (χ4v) is 2.25. The van der Waals surface area contributed by atoms with Gasteiger partial charge in [0.15, 0.2) is 0 Å². The molecule has 0 spiro atoms. The van der Waals surface area contributed by atoms with Crippen LogP contribution in [-0.2, 0) is 6.42 Å². The molecule has 0 radical (unpaired) electrons. The minimum atomic E-state index is -0.190. The van der Waals surface area contributed by atoms with Crippen LogP contribution in [0.5, 0.6) is 0 Å². The first-order valence-corrected chi connectivity index (χ1v) is 6.60. The van der Waals surface area contributed by atoms with Crippen LogP contribution in [0, 0.1) is 0 Å². The lowest BCUT2D eigenvalue weighted by Gasteiger charge is -2.32. The van der Waals surface area contributed by atoms with Gasteiger partial charge in [-0.15, -0.1) is 5.10 Å². The van der Waals surface area contributed by atoms with E-state index in [1.165, 1.54) is 12.8 Å². The van der Waals surface area contributed by atoms with Crippen molar-refractivity contribution in [3.63, 3.8) is 0 Å². The molecule has 2 N–H and O–H groups in total. The zero-order valence-corrected chi connectivity index (χ0v) is 11.1. The van der Waals surface area contributed by atoms with Gasteiger partial charge in [0.1, 0.15) is 5.82 Å². The third-order valence-corrected chi connectivity index (χ3v) is 3.49. The molecule has 100 valence electrons. The van der Waals surface area contributed by atoms with Crippen molar-refractivity contribution in [2.45, 2.75) is 38.6 Å². The number of H-pyrrole nitrogens is 1. The summed E-state index contributed by atoms with van der Waals surface area (Å²) in [6.45, 7) is 3.76. The molecule has 1 amide bonds. The third kappa shape index (κ3) is 3.07. The first kappa shape index (κ1) is 13.0. The fourth-order valence-electron chi connectivity index (χ4n) is 2.25. The molecule has 6 nitrogen and oxygen atoms in total. The van der Waals surface area contributed by atoms with Crippen LogP contribution >= 0.6 is 0 Å². The van der Waals surface area contributed by atoms with Crippen LogP contribution in [0.4, 0.5) is 0 Å². The van der Waals surface area contributed by atoms with E-state index in [0.717, 1.165) is 25.2 Å². The highest BCUT2D eigenvalue weighted by molar-refractivity contribution is 5.90. The van der Waals surface area contributed by atoms with E-state index in [0.29, 0.717) is 12.6 Å². The second-order valence-corrected chi connectivity index (χ2v) is 4.80. The summed E-state index contributed by atoms with van der Waals surface area (Å²) in [5.74, 6) is 0.796. The van der Waals surface area contributed by atoms with Gasteiger partial charge in [-0.25, -0.2) is 4.98 Å². The standard InChI is InChI=1S/C12H21N5O/c1-3-10-14-11(16-15-10)12(18)13-8-9-6-4-5-7-17(9)2/h9H,3-8H2,1-2H3,(H,13,18)(H,14,15,16). The normalized spacial score (nSPS) is 20.9. The van der Waals surface area contributed by atoms with Crippen LogP contribution in [0.15, 0.2) is 0 Å². The van der Waals surface area contributed by atoms with Crippen LogP contribution in [0.3, 0.4) is 0 Å². The number of hydrogen-bond acceptors (Lipinski definition) is 4. The Bertz CT molecular complexity index is 403. The lowest BCUT2D eigenvalue weighted by molar-refractivity contribution is 0.0918. The molecule has 1 aromatic rings. The summed E-state index contributed by atoms with van der Waals surface area (Å²) in [6, 6.07) is 0.437. The summed E-state index contributed by atoms with van der Waals surface area (Å²) < 4.78 is 0. The quantitative estimate of drug-likeness (QED) is 0.821. The van der Waals surface area contributed by atoms with E-state index < -0.39 is 0 Å². The average Bonchev–Trinajstić information content (AvgIpc) is 2.86. The molecule has 1 aliphatic rings. The number of carbonyl (C=O) groups excluding carboxylic acids is 1. The van der Waals surface area contributed by atoms with Crippen molar-refractivity contribution in [2.75, 3.05) is 20.1 Å². The molecule has 0 bridgehead atoms. The van der Waals surface area contributed by atoms with E-state index in [1.54, 1.807) is 0 Å². The molecule has 6 heteroatoms. The topological polar surface area (TPSA) is 73.9 Å². The number of nitrogens with zero attached hydrogens (tertiary/aromatic N) is 3. The van der Waals surface area contributed by atoms with Crippen LogP contribution in [0.2, 0.25) is 0 Å². The Morgan fingerprint density at radius 2 is 2.39 bits per heavy atom. The Balaban J connectivity index is 1.84. The van der Waals surface area contributed by atoms with Crippen molar-refractivity contribution in [3.05, 3.63) is 11.6 Å². The molecule has 2 rings (SSSR count). The van der Waals surface area contributed by atoms with Crippen LogP contribution < -0.4 is 5.32 Å². The van der Waals surface area contributed by atoms with E-state index >= 15 is 0 Å². The highest BCUT2D eigenvalue weighted by Crippen LogP contribution is 2.13. The first-order valence-electron chi connectivity index (χ1n) is 6.60. The number of carbonyl (C=O) groups is 1. The van der Waals surface area contributed by atoms with Gasteiger partial charge < -0.3 is 10.2 Å². The smallest absolute Gasteiger partial charge is 0.291 e. The van der Waals surface area contributed by atoms with Crippen molar-refractivity contribution in [2.24, 2.45) is 0 Å². The first-order chi connectivity index (χ1) is 8.70. The summed E-state index contributed by atoms with van der Waals surface area (Å²) >= 11 is 0. The van der Waals surface area contributed by atoms with Gasteiger partial charge in [-0.1, -0.05) is 13.3 Å². The Morgan fingerprint density at radius 3 is 3.06 bits per heavy atom. The number of aromatic amines is 1. The lowest BCUT2D eigenvalue weighted by Crippen LogP contribution is -2.44. The summed E-state index contributed by atoms with van der Waals surface area (Å²) in [7, 11) is 2.11. The van der Waals surface area contributed by atoms with E-state index in [2.05, 4.69) is 32.4 Å². The zero-order chi connectivity index (χ0) is 13.0. The number of amides is 1. The molecular formula is C12H21N5O. The summed E-state index contributed by atoms with van der Waals surface area (Å²) in [4.78, 5) is 18.3. The summed E-state index contributed by atoms with van der Waals surface area (Å²) in [5, 5.41) is 9.57. The molecule has 1 unspecified atom stereocenters. The average molecular weight is 251 g/mol. The van der Waals surface area contributed by atoms with Gasteiger partial charge in [0.05, 0.1) is 0 Å². The van der Waals surface area contributed by atoms with Gasteiger partial charge in [-0.2, -0.15) is 0 Å². The summed E-state index contributed by atoms with van der Waals surface area (Å²) in [6.07, 6.45) is 4.39. The van der Waals surface area contributed by atoms with E-state index in [-0.39, 0.29) is 11.7 Å². The monoisotopic (exact) mass is 251 g/mol. The van der Waals surface area contributed by atoms with Gasteiger partial charge in [0, 0.05) is 19.0 Å². The molecular weight excluding hydrogens is 230 g/mol. The van der Waals surface area contributed by atoms with Gasteiger partial charge in [0.25, 0.3) is 5.91 Å². The molecule has 1 aliphatic heterocycles. The highest BCUT2D eigenvalue weighted by Gasteiger charge is 2.20. The SMILES string of the molecule is CCc1nc(C(=O)NCC2CCCCN2C)n[nH]1. The maximum atomic E-state index is 11.8. The Morgan fingerprint density at radius 1 is 1.56 bits per heavy atom. The molecule has 1 fully saturated rings. The lowest BCUT2D eigenvalue weighted by atomic mass is 10.0.